The van der Waals surface area contributed by atoms with Gasteiger partial charge in [-0.1, -0.05) is 29.8 Å². The van der Waals surface area contributed by atoms with E-state index in [0.29, 0.717) is 59.2 Å². The average molecular weight is 960 g/mol. The number of ether oxygens (including phenoxy) is 1. The number of benzene rings is 3. The van der Waals surface area contributed by atoms with Crippen molar-refractivity contribution in [1.82, 2.24) is 30.0 Å². The molecule has 1 atom stereocenters. The van der Waals surface area contributed by atoms with E-state index < -0.39 is 19.5 Å². The summed E-state index contributed by atoms with van der Waals surface area (Å²) in [5, 5.41) is 9.36. The van der Waals surface area contributed by atoms with Gasteiger partial charge < -0.3 is 39.1 Å². The van der Waals surface area contributed by atoms with Crippen molar-refractivity contribution in [3.8, 4) is 5.75 Å². The maximum absolute atomic E-state index is 13.2. The summed E-state index contributed by atoms with van der Waals surface area (Å²) in [6.45, 7) is 5.36. The van der Waals surface area contributed by atoms with Crippen molar-refractivity contribution in [2.45, 2.75) is 68.5 Å². The number of aromatic nitrogens is 2. The fourth-order valence-corrected chi connectivity index (χ4v) is 11.5. The first kappa shape index (κ1) is 47.3. The molecule has 17 nitrogen and oxygen atoms in total. The maximum Gasteiger partial charge on any atom is 0.362 e. The molecule has 0 aliphatic carbocycles. The number of unbranched alkanes of at least 4 members (excludes halogenated alkanes) is 1. The van der Waals surface area contributed by atoms with Gasteiger partial charge in [0.05, 0.1) is 30.0 Å². The number of fused-ring (bicyclic) bond motifs is 1. The van der Waals surface area contributed by atoms with Crippen molar-refractivity contribution in [2.75, 3.05) is 81.9 Å². The van der Waals surface area contributed by atoms with Crippen LogP contribution in [0.25, 0.3) is 0 Å². The third-order valence-corrected chi connectivity index (χ3v) is 16.1. The predicted molar refractivity (Wildman–Crippen MR) is 255 cm³/mol. The summed E-state index contributed by atoms with van der Waals surface area (Å²) in [7, 11) is 0.713. The predicted octanol–water partition coefficient (Wildman–Crippen LogP) is 6.57. The molecule has 20 heteroatoms. The number of carbonyl (C=O) groups excluding carboxylic acids is 4. The van der Waals surface area contributed by atoms with Crippen LogP contribution in [0.5, 0.6) is 5.75 Å². The summed E-state index contributed by atoms with van der Waals surface area (Å²) in [6, 6.07) is 18.5. The number of carbonyl (C=O) groups is 4. The molecule has 3 saturated heterocycles. The second-order valence-electron chi connectivity index (χ2n) is 16.5. The Morgan fingerprint density at radius 1 is 0.909 bits per heavy atom. The minimum atomic E-state index is -3.57. The number of rotatable bonds is 17. The molecule has 3 aromatic carbocycles. The van der Waals surface area contributed by atoms with Gasteiger partial charge in [0.15, 0.2) is 5.82 Å². The third-order valence-electron chi connectivity index (χ3n) is 12.7. The molecule has 4 aromatic rings. The summed E-state index contributed by atoms with van der Waals surface area (Å²) in [5.41, 5.74) is 3.75. The molecule has 8 rings (SSSR count). The Morgan fingerprint density at radius 2 is 1.68 bits per heavy atom. The van der Waals surface area contributed by atoms with Crippen molar-refractivity contribution in [3.05, 3.63) is 83.0 Å². The molecule has 3 N–H and O–H groups in total. The monoisotopic (exact) mass is 959 g/mol. The molecule has 1 aromatic heterocycles. The Bertz CT molecular complexity index is 2500. The Hall–Kier alpha value is -5.23. The highest BCUT2D eigenvalue weighted by Gasteiger charge is 2.40. The number of methoxy groups -OCH3 is 1. The quantitative estimate of drug-likeness (QED) is 0.0446. The molecule has 0 radical (unpaired) electrons. The maximum atomic E-state index is 13.2. The number of piperazine rings is 1. The van der Waals surface area contributed by atoms with E-state index in [1.54, 1.807) is 54.1 Å². The van der Waals surface area contributed by atoms with Gasteiger partial charge in [-0.05, 0) is 79.8 Å². The van der Waals surface area contributed by atoms with E-state index in [2.05, 4.69) is 41.8 Å². The lowest BCUT2D eigenvalue weighted by molar-refractivity contribution is -0.137. The van der Waals surface area contributed by atoms with Crippen LogP contribution in [-0.4, -0.2) is 127 Å². The highest BCUT2D eigenvalue weighted by Crippen LogP contribution is 2.47. The van der Waals surface area contributed by atoms with Crippen LogP contribution < -0.4 is 30.9 Å². The van der Waals surface area contributed by atoms with E-state index >= 15 is 0 Å². The molecule has 0 spiro atoms. The molecule has 3 fully saturated rings. The van der Waals surface area contributed by atoms with E-state index in [1.165, 1.54) is 20.4 Å². The van der Waals surface area contributed by atoms with Crippen molar-refractivity contribution in [3.63, 3.8) is 0 Å². The van der Waals surface area contributed by atoms with E-state index in [-0.39, 0.29) is 35.1 Å². The second-order valence-corrected chi connectivity index (χ2v) is 20.3. The van der Waals surface area contributed by atoms with E-state index in [1.807, 2.05) is 29.2 Å². The number of halogens is 1. The number of nitrogens with zero attached hydrogens (tertiary/aromatic N) is 6. The number of hydrogen-bond acceptors (Lipinski definition) is 15. The topological polar surface area (TPSA) is 188 Å². The normalized spacial score (nSPS) is 18.3. The summed E-state index contributed by atoms with van der Waals surface area (Å²) in [4.78, 5) is 69.0. The van der Waals surface area contributed by atoms with Crippen LogP contribution in [0.1, 0.15) is 60.9 Å². The Balaban J connectivity index is 0.765. The highest BCUT2D eigenvalue weighted by atomic mass is 35.5. The largest absolute Gasteiger partial charge is 0.494 e. The van der Waals surface area contributed by atoms with Crippen molar-refractivity contribution in [2.24, 2.45) is 0 Å². The lowest BCUT2D eigenvalue weighted by Crippen LogP contribution is -2.54. The summed E-state index contributed by atoms with van der Waals surface area (Å²) < 4.78 is 29.5. The van der Waals surface area contributed by atoms with Gasteiger partial charge in [-0.2, -0.15) is 4.98 Å². The molecule has 350 valence electrons. The van der Waals surface area contributed by atoms with Gasteiger partial charge in [-0.15, -0.1) is 11.8 Å². The summed E-state index contributed by atoms with van der Waals surface area (Å²) in [5.74, 6) is 1.36. The smallest absolute Gasteiger partial charge is 0.362 e. The van der Waals surface area contributed by atoms with Crippen LogP contribution in [-0.2, 0) is 34.5 Å². The number of imide groups is 1. The average Bonchev–Trinajstić information content (AvgIpc) is 3.68. The fraction of sp³-hybridized carbons (Fsp3) is 0.435. The number of thioether (sulfide) groups is 1. The summed E-state index contributed by atoms with van der Waals surface area (Å²) >= 11 is 8.17. The zero-order valence-corrected chi connectivity index (χ0v) is 39.8. The number of piperidine rings is 2. The summed E-state index contributed by atoms with van der Waals surface area (Å²) in [6.07, 6.45) is 6.26. The second kappa shape index (κ2) is 21.2. The van der Waals surface area contributed by atoms with Gasteiger partial charge in [0.1, 0.15) is 16.8 Å². The van der Waals surface area contributed by atoms with Gasteiger partial charge in [0.2, 0.25) is 23.7 Å². The van der Waals surface area contributed by atoms with E-state index in [4.69, 9.17) is 25.4 Å². The lowest BCUT2D eigenvalue weighted by Gasteiger charge is -2.43. The Labute approximate surface area is 393 Å². The zero-order chi connectivity index (χ0) is 46.4. The van der Waals surface area contributed by atoms with Crippen LogP contribution in [0.4, 0.5) is 28.8 Å². The van der Waals surface area contributed by atoms with Crippen molar-refractivity contribution < 1.29 is 37.5 Å². The number of para-hydroxylation sites is 1. The third kappa shape index (κ3) is 10.5. The van der Waals surface area contributed by atoms with Crippen LogP contribution in [0.15, 0.2) is 71.8 Å². The first-order chi connectivity index (χ1) is 32.0. The van der Waals surface area contributed by atoms with Gasteiger partial charge in [0, 0.05) is 101 Å². The number of amides is 4. The van der Waals surface area contributed by atoms with Gasteiger partial charge in [-0.3, -0.25) is 34.0 Å². The van der Waals surface area contributed by atoms with Crippen LogP contribution in [0.2, 0.25) is 5.02 Å². The Morgan fingerprint density at radius 3 is 2.42 bits per heavy atom. The Kier molecular flexibility index (Phi) is 15.2. The number of nitrogens with one attached hydrogen (secondary N) is 3. The molecule has 0 saturated carbocycles. The molecule has 4 aliphatic heterocycles. The lowest BCUT2D eigenvalue weighted by atomic mass is 10.0. The van der Waals surface area contributed by atoms with E-state index in [0.717, 1.165) is 86.9 Å². The standard InChI is InChI=1S/C46H55ClN9O8PS/c1-62-38-27-31(14-15-35(38)50-46-48-28-34(47)43(52-46)49-36-10-4-5-11-39(36)65(61,63-2)64-3)53-20-18-30(19-21-53)54-22-24-55(25-23-54)42(58)13-6-7-26-66-40-12-8-9-32-33(40)29-56(45(32)60)37-16-17-41(57)51-44(37)59/h4-5,8-12,14-15,27-28,30,37H,6-7,13,16-26,29H2,1-3H3,(H,51,57,59)(H2,48,49,50,52). The fourth-order valence-electron chi connectivity index (χ4n) is 9.07. The highest BCUT2D eigenvalue weighted by molar-refractivity contribution is 7.99. The van der Waals surface area contributed by atoms with Crippen molar-refractivity contribution in [1.29, 1.82) is 0 Å². The first-order valence-electron chi connectivity index (χ1n) is 22.2. The number of hydrogen-bond donors (Lipinski definition) is 3. The molecule has 0 bridgehead atoms. The van der Waals surface area contributed by atoms with Gasteiger partial charge in [-0.25, -0.2) is 4.98 Å². The van der Waals surface area contributed by atoms with Gasteiger partial charge >= 0.3 is 7.60 Å². The molecule has 4 amide bonds. The molecule has 66 heavy (non-hydrogen) atoms. The van der Waals surface area contributed by atoms with E-state index in [9.17, 15) is 23.7 Å². The van der Waals surface area contributed by atoms with Crippen LogP contribution in [0.3, 0.4) is 0 Å². The van der Waals surface area contributed by atoms with Gasteiger partial charge in [0.25, 0.3) is 5.91 Å². The number of anilines is 5. The minimum Gasteiger partial charge on any atom is -0.494 e. The molecular weight excluding hydrogens is 905 g/mol. The minimum absolute atomic E-state index is 0.167. The van der Waals surface area contributed by atoms with Crippen LogP contribution >= 0.6 is 31.0 Å². The molecule has 1 unspecified atom stereocenters. The van der Waals surface area contributed by atoms with Crippen LogP contribution in [0, 0.1) is 0 Å². The zero-order valence-electron chi connectivity index (χ0n) is 37.3. The molecule has 5 heterocycles. The molecular formula is C46H55ClN9O8PS. The molecule has 4 aliphatic rings. The first-order valence-corrected chi connectivity index (χ1v) is 25.1. The van der Waals surface area contributed by atoms with Crippen molar-refractivity contribution >= 4 is 88.7 Å². The SMILES string of the molecule is COc1cc(N2CCC(N3CCN(C(=O)CCCCSc4cccc5c4CN(C4CCC(=O)NC4=O)C5=O)CC3)CC2)ccc1Nc1ncc(Cl)c(Nc2ccccc2P(=O)(OC)OC)n1.